The number of rotatable bonds is 7. The molecular formula is C15H24N2O3. The lowest BCUT2D eigenvalue weighted by Crippen LogP contribution is -2.18. The molecule has 1 heterocycles. The Balaban J connectivity index is 2.01. The van der Waals surface area contributed by atoms with Gasteiger partial charge in [-0.25, -0.2) is 0 Å². The number of hydrogen-bond acceptors (Lipinski definition) is 5. The van der Waals surface area contributed by atoms with Crippen LogP contribution in [0.3, 0.4) is 0 Å². The van der Waals surface area contributed by atoms with Crippen molar-refractivity contribution in [3.05, 3.63) is 12.1 Å². The molecule has 5 heteroatoms. The van der Waals surface area contributed by atoms with E-state index in [1.54, 1.807) is 6.07 Å². The third kappa shape index (κ3) is 3.70. The summed E-state index contributed by atoms with van der Waals surface area (Å²) in [6.07, 6.45) is 3.02. The Morgan fingerprint density at radius 3 is 2.60 bits per heavy atom. The Labute approximate surface area is 120 Å². The number of nitrogens with one attached hydrogen (secondary N) is 1. The smallest absolute Gasteiger partial charge is 0.163 e. The molecule has 0 saturated heterocycles. The molecule has 0 amide bonds. The Hall–Kier alpha value is -1.62. The molecule has 112 valence electrons. The molecule has 0 spiro atoms. The van der Waals surface area contributed by atoms with E-state index in [4.69, 9.17) is 20.3 Å². The Bertz CT molecular complexity index is 431. The first-order valence-corrected chi connectivity index (χ1v) is 7.28. The number of nitrogen functional groups attached to an aromatic ring is 1. The number of nitrogens with two attached hydrogens (primary N) is 1. The standard InChI is InChI=1S/C15H24N2O3/c1-2-3-11(4-5-18)10-17-13-9-15-14(8-12(13)16)19-6-7-20-15/h8-9,11,17-18H,2-7,10,16H2,1H3. The second-order valence-corrected chi connectivity index (χ2v) is 5.13. The van der Waals surface area contributed by atoms with Crippen LogP contribution in [-0.2, 0) is 0 Å². The first kappa shape index (κ1) is 14.8. The SMILES string of the molecule is CCCC(CCO)CNc1cc2c(cc1N)OCCO2. The van der Waals surface area contributed by atoms with Gasteiger partial charge in [0, 0.05) is 25.3 Å². The number of hydrogen-bond donors (Lipinski definition) is 3. The topological polar surface area (TPSA) is 76.7 Å². The average molecular weight is 280 g/mol. The van der Waals surface area contributed by atoms with Gasteiger partial charge in [-0.1, -0.05) is 13.3 Å². The lowest BCUT2D eigenvalue weighted by atomic mass is 10.00. The summed E-state index contributed by atoms with van der Waals surface area (Å²) in [7, 11) is 0. The van der Waals surface area contributed by atoms with Crippen molar-refractivity contribution in [3.63, 3.8) is 0 Å². The quantitative estimate of drug-likeness (QED) is 0.668. The predicted octanol–water partition coefficient (Wildman–Crippen LogP) is 2.25. The predicted molar refractivity (Wildman–Crippen MR) is 80.4 cm³/mol. The highest BCUT2D eigenvalue weighted by Crippen LogP contribution is 2.37. The zero-order chi connectivity index (χ0) is 14.4. The molecule has 0 fully saturated rings. The van der Waals surface area contributed by atoms with Gasteiger partial charge in [0.2, 0.25) is 0 Å². The third-order valence-electron chi connectivity index (χ3n) is 3.53. The van der Waals surface area contributed by atoms with Gasteiger partial charge in [-0.2, -0.15) is 0 Å². The van der Waals surface area contributed by atoms with Crippen LogP contribution >= 0.6 is 0 Å². The highest BCUT2D eigenvalue weighted by Gasteiger charge is 2.15. The average Bonchev–Trinajstić information content (AvgIpc) is 2.45. The Morgan fingerprint density at radius 1 is 1.25 bits per heavy atom. The number of aliphatic hydroxyl groups is 1. The number of benzene rings is 1. The molecule has 0 aromatic heterocycles. The largest absolute Gasteiger partial charge is 0.486 e. The minimum Gasteiger partial charge on any atom is -0.486 e. The summed E-state index contributed by atoms with van der Waals surface area (Å²) >= 11 is 0. The van der Waals surface area contributed by atoms with Crippen LogP contribution in [0.5, 0.6) is 11.5 Å². The number of fused-ring (bicyclic) bond motifs is 1. The van der Waals surface area contributed by atoms with Gasteiger partial charge in [-0.3, -0.25) is 0 Å². The zero-order valence-electron chi connectivity index (χ0n) is 12.0. The molecule has 0 radical (unpaired) electrons. The maximum absolute atomic E-state index is 9.08. The van der Waals surface area contributed by atoms with Crippen molar-refractivity contribution in [2.75, 3.05) is 37.4 Å². The molecular weight excluding hydrogens is 256 g/mol. The Morgan fingerprint density at radius 2 is 1.95 bits per heavy atom. The van der Waals surface area contributed by atoms with Crippen LogP contribution in [0.4, 0.5) is 11.4 Å². The highest BCUT2D eigenvalue weighted by atomic mass is 16.6. The van der Waals surface area contributed by atoms with Crippen LogP contribution in [0, 0.1) is 5.92 Å². The summed E-state index contributed by atoms with van der Waals surface area (Å²) in [6.45, 7) is 4.32. The van der Waals surface area contributed by atoms with E-state index in [1.165, 1.54) is 0 Å². The van der Waals surface area contributed by atoms with Crippen LogP contribution in [-0.4, -0.2) is 31.5 Å². The zero-order valence-corrected chi connectivity index (χ0v) is 12.0. The van der Waals surface area contributed by atoms with Gasteiger partial charge in [0.15, 0.2) is 11.5 Å². The highest BCUT2D eigenvalue weighted by molar-refractivity contribution is 5.72. The molecule has 1 aromatic carbocycles. The van der Waals surface area contributed by atoms with Gasteiger partial charge in [0.25, 0.3) is 0 Å². The lowest BCUT2D eigenvalue weighted by Gasteiger charge is -2.22. The molecule has 2 rings (SSSR count). The van der Waals surface area contributed by atoms with E-state index in [0.29, 0.717) is 30.6 Å². The van der Waals surface area contributed by atoms with Crippen molar-refractivity contribution in [2.45, 2.75) is 26.2 Å². The van der Waals surface area contributed by atoms with E-state index < -0.39 is 0 Å². The minimum atomic E-state index is 0.225. The second-order valence-electron chi connectivity index (χ2n) is 5.13. The van der Waals surface area contributed by atoms with Crippen LogP contribution in [0.15, 0.2) is 12.1 Å². The van der Waals surface area contributed by atoms with Crippen molar-refractivity contribution in [1.29, 1.82) is 0 Å². The molecule has 0 saturated carbocycles. The Kier molecular flexibility index (Phi) is 5.35. The molecule has 20 heavy (non-hydrogen) atoms. The summed E-state index contributed by atoms with van der Waals surface area (Å²) in [4.78, 5) is 0. The van der Waals surface area contributed by atoms with Crippen LogP contribution < -0.4 is 20.5 Å². The molecule has 0 bridgehead atoms. The molecule has 4 N–H and O–H groups in total. The number of aliphatic hydroxyl groups excluding tert-OH is 1. The number of anilines is 2. The minimum absolute atomic E-state index is 0.225. The van der Waals surface area contributed by atoms with E-state index in [2.05, 4.69) is 12.2 Å². The van der Waals surface area contributed by atoms with Gasteiger partial charge >= 0.3 is 0 Å². The van der Waals surface area contributed by atoms with Gasteiger partial charge < -0.3 is 25.6 Å². The van der Waals surface area contributed by atoms with Gasteiger partial charge in [0.1, 0.15) is 13.2 Å². The van der Waals surface area contributed by atoms with Crippen LogP contribution in [0.1, 0.15) is 26.2 Å². The third-order valence-corrected chi connectivity index (χ3v) is 3.53. The van der Waals surface area contributed by atoms with Crippen molar-refractivity contribution in [3.8, 4) is 11.5 Å². The van der Waals surface area contributed by atoms with Gasteiger partial charge in [-0.15, -0.1) is 0 Å². The molecule has 1 aliphatic rings. The van der Waals surface area contributed by atoms with E-state index >= 15 is 0 Å². The van der Waals surface area contributed by atoms with Crippen molar-refractivity contribution >= 4 is 11.4 Å². The summed E-state index contributed by atoms with van der Waals surface area (Å²) in [6, 6.07) is 3.70. The van der Waals surface area contributed by atoms with Crippen LogP contribution in [0.25, 0.3) is 0 Å². The molecule has 1 aromatic rings. The summed E-state index contributed by atoms with van der Waals surface area (Å²) in [5.74, 6) is 1.90. The summed E-state index contributed by atoms with van der Waals surface area (Å²) < 4.78 is 11.1. The van der Waals surface area contributed by atoms with Gasteiger partial charge in [-0.05, 0) is 18.8 Å². The van der Waals surface area contributed by atoms with Crippen molar-refractivity contribution in [1.82, 2.24) is 0 Å². The second kappa shape index (κ2) is 7.24. The van der Waals surface area contributed by atoms with Crippen molar-refractivity contribution < 1.29 is 14.6 Å². The molecule has 1 atom stereocenters. The van der Waals surface area contributed by atoms with Crippen LogP contribution in [0.2, 0.25) is 0 Å². The van der Waals surface area contributed by atoms with Crippen molar-refractivity contribution in [2.24, 2.45) is 5.92 Å². The van der Waals surface area contributed by atoms with Gasteiger partial charge in [0.05, 0.1) is 11.4 Å². The molecule has 1 aliphatic heterocycles. The number of ether oxygens (including phenoxy) is 2. The molecule has 1 unspecified atom stereocenters. The van der Waals surface area contributed by atoms with E-state index in [9.17, 15) is 0 Å². The maximum atomic E-state index is 9.08. The summed E-state index contributed by atoms with van der Waals surface area (Å²) in [5.41, 5.74) is 7.56. The van der Waals surface area contributed by atoms with E-state index in [1.807, 2.05) is 6.07 Å². The fourth-order valence-corrected chi connectivity index (χ4v) is 2.45. The summed E-state index contributed by atoms with van der Waals surface area (Å²) in [5, 5.41) is 12.4. The van der Waals surface area contributed by atoms with E-state index in [-0.39, 0.29) is 6.61 Å². The first-order chi connectivity index (χ1) is 9.74. The van der Waals surface area contributed by atoms with E-state index in [0.717, 1.165) is 37.2 Å². The fourth-order valence-electron chi connectivity index (χ4n) is 2.45. The monoisotopic (exact) mass is 280 g/mol. The molecule has 5 nitrogen and oxygen atoms in total. The molecule has 0 aliphatic carbocycles. The fraction of sp³-hybridized carbons (Fsp3) is 0.600. The maximum Gasteiger partial charge on any atom is 0.163 e. The normalized spacial score (nSPS) is 14.9. The first-order valence-electron chi connectivity index (χ1n) is 7.28. The lowest BCUT2D eigenvalue weighted by molar-refractivity contribution is 0.172.